The second-order valence-electron chi connectivity index (χ2n) is 4.90. The van der Waals surface area contributed by atoms with Gasteiger partial charge in [-0.15, -0.1) is 0 Å². The van der Waals surface area contributed by atoms with Crippen LogP contribution in [0.1, 0.15) is 51.4 Å². The van der Waals surface area contributed by atoms with Crippen LogP contribution in [0.4, 0.5) is 0 Å². The molecule has 2 heterocycles. The van der Waals surface area contributed by atoms with E-state index in [1.165, 1.54) is 0 Å². The summed E-state index contributed by atoms with van der Waals surface area (Å²) in [4.78, 5) is 16.7. The van der Waals surface area contributed by atoms with Crippen LogP contribution in [0.2, 0.25) is 0 Å². The average Bonchev–Trinajstić information content (AvgIpc) is 3.01. The summed E-state index contributed by atoms with van der Waals surface area (Å²) in [5.74, 6) is 0.376. The summed E-state index contributed by atoms with van der Waals surface area (Å²) in [6, 6.07) is 0. The van der Waals surface area contributed by atoms with Crippen molar-refractivity contribution in [1.29, 1.82) is 0 Å². The average molecular weight is 298 g/mol. The molecule has 1 aliphatic rings. The lowest BCUT2D eigenvalue weighted by molar-refractivity contribution is -0.151. The van der Waals surface area contributed by atoms with E-state index >= 15 is 0 Å². The first-order valence-corrected chi connectivity index (χ1v) is 7.38. The van der Waals surface area contributed by atoms with Gasteiger partial charge in [0.2, 0.25) is 11.7 Å². The minimum atomic E-state index is -0.892. The van der Waals surface area contributed by atoms with E-state index in [0.717, 1.165) is 0 Å². The Morgan fingerprint density at radius 2 is 2.10 bits per heavy atom. The number of carbonyl (C=O) groups is 1. The third-order valence-electron chi connectivity index (χ3n) is 3.83. The maximum atomic E-state index is 12.3. The highest BCUT2D eigenvalue weighted by Gasteiger charge is 2.44. The second kappa shape index (κ2) is 7.00. The second-order valence-corrected chi connectivity index (χ2v) is 4.90. The molecular formula is C14H22N2O5. The van der Waals surface area contributed by atoms with Crippen LogP contribution in [-0.4, -0.2) is 42.5 Å². The zero-order valence-electron chi connectivity index (χ0n) is 12.8. The Hall–Kier alpha value is -1.47. The molecule has 1 atom stereocenters. The summed E-state index contributed by atoms with van der Waals surface area (Å²) in [5.41, 5.74) is -0.892. The summed E-state index contributed by atoms with van der Waals surface area (Å²) in [6.45, 7) is 7.37. The first-order chi connectivity index (χ1) is 10.2. The van der Waals surface area contributed by atoms with Crippen LogP contribution < -0.4 is 0 Å². The van der Waals surface area contributed by atoms with Gasteiger partial charge >= 0.3 is 5.97 Å². The molecule has 1 saturated heterocycles. The van der Waals surface area contributed by atoms with Gasteiger partial charge in [0.25, 0.3) is 0 Å². The van der Waals surface area contributed by atoms with Crippen LogP contribution in [0.5, 0.6) is 0 Å². The van der Waals surface area contributed by atoms with Crippen molar-refractivity contribution in [3.05, 3.63) is 11.7 Å². The van der Waals surface area contributed by atoms with Crippen LogP contribution in [0.15, 0.2) is 4.52 Å². The highest BCUT2D eigenvalue weighted by molar-refractivity contribution is 5.81. The minimum Gasteiger partial charge on any atom is -0.465 e. The van der Waals surface area contributed by atoms with Gasteiger partial charge in [-0.3, -0.25) is 4.79 Å². The van der Waals surface area contributed by atoms with Crippen molar-refractivity contribution in [2.45, 2.75) is 45.1 Å². The van der Waals surface area contributed by atoms with E-state index < -0.39 is 5.41 Å². The van der Waals surface area contributed by atoms with Crippen LogP contribution in [-0.2, 0) is 24.4 Å². The van der Waals surface area contributed by atoms with Gasteiger partial charge in [-0.25, -0.2) is 0 Å². The Kier molecular flexibility index (Phi) is 5.30. The first-order valence-electron chi connectivity index (χ1n) is 7.38. The molecule has 1 aromatic rings. The first kappa shape index (κ1) is 15.9. The Labute approximate surface area is 123 Å². The molecule has 1 fully saturated rings. The molecule has 1 aromatic heterocycles. The SMILES string of the molecule is CCOC(=O)C(CC)(CC)c1nc(C2COCCO2)no1. The Morgan fingerprint density at radius 3 is 2.67 bits per heavy atom. The molecule has 21 heavy (non-hydrogen) atoms. The van der Waals surface area contributed by atoms with Gasteiger partial charge in [-0.2, -0.15) is 4.98 Å². The fraction of sp³-hybridized carbons (Fsp3) is 0.786. The summed E-state index contributed by atoms with van der Waals surface area (Å²) < 4.78 is 21.4. The van der Waals surface area contributed by atoms with E-state index in [1.54, 1.807) is 6.92 Å². The molecule has 0 radical (unpaired) electrons. The number of ether oxygens (including phenoxy) is 3. The number of carbonyl (C=O) groups excluding carboxylic acids is 1. The molecule has 0 amide bonds. The Balaban J connectivity index is 2.24. The van der Waals surface area contributed by atoms with Crippen molar-refractivity contribution in [3.8, 4) is 0 Å². The van der Waals surface area contributed by atoms with E-state index in [-0.39, 0.29) is 18.0 Å². The number of rotatable bonds is 6. The highest BCUT2D eigenvalue weighted by atomic mass is 16.6. The fourth-order valence-corrected chi connectivity index (χ4v) is 2.39. The number of hydrogen-bond donors (Lipinski definition) is 0. The third kappa shape index (κ3) is 3.08. The molecule has 0 N–H and O–H groups in total. The van der Waals surface area contributed by atoms with E-state index in [1.807, 2.05) is 13.8 Å². The van der Waals surface area contributed by atoms with Crippen molar-refractivity contribution < 1.29 is 23.5 Å². The summed E-state index contributed by atoms with van der Waals surface area (Å²) in [5, 5.41) is 3.95. The van der Waals surface area contributed by atoms with Crippen molar-refractivity contribution in [1.82, 2.24) is 10.1 Å². The minimum absolute atomic E-state index is 0.287. The quantitative estimate of drug-likeness (QED) is 0.740. The predicted octanol–water partition coefficient (Wildman–Crippen LogP) is 1.78. The third-order valence-corrected chi connectivity index (χ3v) is 3.83. The predicted molar refractivity (Wildman–Crippen MR) is 72.7 cm³/mol. The molecule has 2 rings (SSSR count). The maximum absolute atomic E-state index is 12.3. The normalized spacial score (nSPS) is 19.5. The van der Waals surface area contributed by atoms with Gasteiger partial charge in [0.1, 0.15) is 11.5 Å². The fourth-order valence-electron chi connectivity index (χ4n) is 2.39. The molecule has 7 heteroatoms. The number of hydrogen-bond acceptors (Lipinski definition) is 7. The van der Waals surface area contributed by atoms with Gasteiger partial charge < -0.3 is 18.7 Å². The van der Waals surface area contributed by atoms with E-state index in [9.17, 15) is 4.79 Å². The molecule has 1 aliphatic heterocycles. The smallest absolute Gasteiger partial charge is 0.321 e. The Bertz CT molecular complexity index is 464. The molecule has 0 bridgehead atoms. The van der Waals surface area contributed by atoms with Crippen molar-refractivity contribution in [2.75, 3.05) is 26.4 Å². The van der Waals surface area contributed by atoms with Gasteiger partial charge in [0.05, 0.1) is 26.4 Å². The van der Waals surface area contributed by atoms with Crippen LogP contribution in [0, 0.1) is 0 Å². The van der Waals surface area contributed by atoms with Gasteiger partial charge in [-0.1, -0.05) is 19.0 Å². The summed E-state index contributed by atoms with van der Waals surface area (Å²) >= 11 is 0. The standard InChI is InChI=1S/C14H22N2O5/c1-4-14(5-2,13(17)19-6-3)12-15-11(16-21-12)10-9-18-7-8-20-10/h10H,4-9H2,1-3H3. The van der Waals surface area contributed by atoms with Crippen molar-refractivity contribution in [2.24, 2.45) is 0 Å². The highest BCUT2D eigenvalue weighted by Crippen LogP contribution is 2.33. The molecular weight excluding hydrogens is 276 g/mol. The monoisotopic (exact) mass is 298 g/mol. The largest absolute Gasteiger partial charge is 0.465 e. The van der Waals surface area contributed by atoms with Gasteiger partial charge in [0.15, 0.2) is 0 Å². The van der Waals surface area contributed by atoms with Crippen LogP contribution in [0.25, 0.3) is 0 Å². The summed E-state index contributed by atoms with van der Waals surface area (Å²) in [7, 11) is 0. The Morgan fingerprint density at radius 1 is 1.33 bits per heavy atom. The zero-order chi connectivity index (χ0) is 15.3. The number of aromatic nitrogens is 2. The lowest BCUT2D eigenvalue weighted by Gasteiger charge is -2.24. The van der Waals surface area contributed by atoms with Crippen LogP contribution in [0.3, 0.4) is 0 Å². The van der Waals surface area contributed by atoms with E-state index in [0.29, 0.717) is 45.1 Å². The molecule has 0 aromatic carbocycles. The molecule has 0 spiro atoms. The van der Waals surface area contributed by atoms with Crippen molar-refractivity contribution >= 4 is 5.97 Å². The molecule has 0 aliphatic carbocycles. The molecule has 7 nitrogen and oxygen atoms in total. The maximum Gasteiger partial charge on any atom is 0.321 e. The molecule has 0 saturated carbocycles. The zero-order valence-corrected chi connectivity index (χ0v) is 12.8. The topological polar surface area (TPSA) is 83.7 Å². The van der Waals surface area contributed by atoms with E-state index in [2.05, 4.69) is 10.1 Å². The van der Waals surface area contributed by atoms with E-state index in [4.69, 9.17) is 18.7 Å². The number of nitrogens with zero attached hydrogens (tertiary/aromatic N) is 2. The number of esters is 1. The van der Waals surface area contributed by atoms with Gasteiger partial charge in [-0.05, 0) is 19.8 Å². The summed E-state index contributed by atoms with van der Waals surface area (Å²) in [6.07, 6.45) is 0.725. The lowest BCUT2D eigenvalue weighted by atomic mass is 9.82. The molecule has 1 unspecified atom stereocenters. The van der Waals surface area contributed by atoms with Gasteiger partial charge in [0, 0.05) is 0 Å². The molecule has 118 valence electrons. The van der Waals surface area contributed by atoms with Crippen molar-refractivity contribution in [3.63, 3.8) is 0 Å². The lowest BCUT2D eigenvalue weighted by Crippen LogP contribution is -2.37. The van der Waals surface area contributed by atoms with Crippen LogP contribution >= 0.6 is 0 Å².